The van der Waals surface area contributed by atoms with Crippen molar-refractivity contribution in [3.05, 3.63) is 0 Å². The summed E-state index contributed by atoms with van der Waals surface area (Å²) in [6.45, 7) is 13.7. The Balaban J connectivity index is 4.29. The summed E-state index contributed by atoms with van der Waals surface area (Å²) >= 11 is 0. The van der Waals surface area contributed by atoms with Gasteiger partial charge >= 0.3 is 0 Å². The second-order valence-corrected chi connectivity index (χ2v) is 5.42. The van der Waals surface area contributed by atoms with Crippen LogP contribution in [0.1, 0.15) is 54.4 Å². The van der Waals surface area contributed by atoms with E-state index in [0.29, 0.717) is 19.1 Å². The molecule has 0 spiro atoms. The van der Waals surface area contributed by atoms with Gasteiger partial charge in [-0.2, -0.15) is 0 Å². The van der Waals surface area contributed by atoms with E-state index in [4.69, 9.17) is 4.74 Å². The predicted octanol–water partition coefficient (Wildman–Crippen LogP) is 2.33. The Morgan fingerprint density at radius 1 is 1.11 bits per heavy atom. The normalized spacial score (nSPS) is 14.7. The van der Waals surface area contributed by atoms with Gasteiger partial charge in [0, 0.05) is 18.7 Å². The summed E-state index contributed by atoms with van der Waals surface area (Å²) in [5.41, 5.74) is 0. The second kappa shape index (κ2) is 10.2. The average molecular weight is 272 g/mol. The van der Waals surface area contributed by atoms with Crippen molar-refractivity contribution in [2.24, 2.45) is 5.92 Å². The van der Waals surface area contributed by atoms with E-state index in [0.717, 1.165) is 12.8 Å². The van der Waals surface area contributed by atoms with Crippen LogP contribution in [0.5, 0.6) is 0 Å². The van der Waals surface area contributed by atoms with Gasteiger partial charge in [0.05, 0.1) is 12.6 Å². The quantitative estimate of drug-likeness (QED) is 0.642. The van der Waals surface area contributed by atoms with Gasteiger partial charge in [0.1, 0.15) is 0 Å². The Labute approximate surface area is 118 Å². The number of ether oxygens (including phenoxy) is 1. The van der Waals surface area contributed by atoms with Crippen LogP contribution in [0.4, 0.5) is 0 Å². The minimum Gasteiger partial charge on any atom is -0.380 e. The van der Waals surface area contributed by atoms with Gasteiger partial charge in [0.25, 0.3) is 0 Å². The molecule has 0 saturated carbocycles. The fourth-order valence-electron chi connectivity index (χ4n) is 1.89. The summed E-state index contributed by atoms with van der Waals surface area (Å²) < 4.78 is 5.47. The number of rotatable bonds is 10. The highest BCUT2D eigenvalue weighted by Gasteiger charge is 2.21. The number of hydrogen-bond acceptors (Lipinski definition) is 3. The molecule has 2 unspecified atom stereocenters. The molecule has 1 amide bonds. The Morgan fingerprint density at radius 3 is 2.11 bits per heavy atom. The molecule has 0 rings (SSSR count). The number of amides is 1. The Kier molecular flexibility index (Phi) is 9.88. The Bertz CT molecular complexity index is 240. The molecular formula is C15H32N2O2. The van der Waals surface area contributed by atoms with E-state index >= 15 is 0 Å². The molecule has 0 bridgehead atoms. The van der Waals surface area contributed by atoms with Gasteiger partial charge < -0.3 is 15.4 Å². The van der Waals surface area contributed by atoms with Gasteiger partial charge in [-0.15, -0.1) is 0 Å². The molecule has 0 radical (unpaired) electrons. The van der Waals surface area contributed by atoms with Crippen LogP contribution >= 0.6 is 0 Å². The molecule has 114 valence electrons. The van der Waals surface area contributed by atoms with Gasteiger partial charge in [0.15, 0.2) is 0 Å². The van der Waals surface area contributed by atoms with Gasteiger partial charge in [0.2, 0.25) is 5.91 Å². The van der Waals surface area contributed by atoms with Crippen molar-refractivity contribution in [2.75, 3.05) is 13.2 Å². The van der Waals surface area contributed by atoms with Crippen LogP contribution in [0.15, 0.2) is 0 Å². The highest BCUT2D eigenvalue weighted by atomic mass is 16.5. The molecule has 0 fully saturated rings. The molecule has 0 aliphatic carbocycles. The summed E-state index contributed by atoms with van der Waals surface area (Å²) in [5, 5.41) is 6.44. The molecule has 19 heavy (non-hydrogen) atoms. The minimum absolute atomic E-state index is 0.0795. The number of carbonyl (C=O) groups is 1. The van der Waals surface area contributed by atoms with Gasteiger partial charge in [-0.05, 0) is 32.6 Å². The first-order chi connectivity index (χ1) is 8.96. The van der Waals surface area contributed by atoms with Crippen LogP contribution in [-0.4, -0.2) is 37.2 Å². The maximum Gasteiger partial charge on any atom is 0.237 e. The van der Waals surface area contributed by atoms with Crippen molar-refractivity contribution in [1.29, 1.82) is 0 Å². The number of nitrogens with one attached hydrogen (secondary N) is 2. The van der Waals surface area contributed by atoms with Crippen LogP contribution < -0.4 is 10.6 Å². The summed E-state index contributed by atoms with van der Waals surface area (Å²) in [6, 6.07) is 0.303. The smallest absolute Gasteiger partial charge is 0.237 e. The van der Waals surface area contributed by atoms with Crippen molar-refractivity contribution < 1.29 is 9.53 Å². The lowest BCUT2D eigenvalue weighted by molar-refractivity contribution is -0.123. The molecule has 0 aromatic carbocycles. The average Bonchev–Trinajstić information content (AvgIpc) is 2.39. The third kappa shape index (κ3) is 7.53. The van der Waals surface area contributed by atoms with E-state index in [1.165, 1.54) is 0 Å². The van der Waals surface area contributed by atoms with Crippen molar-refractivity contribution in [1.82, 2.24) is 10.6 Å². The Morgan fingerprint density at radius 2 is 1.68 bits per heavy atom. The Hall–Kier alpha value is -0.610. The van der Waals surface area contributed by atoms with E-state index in [9.17, 15) is 4.79 Å². The fraction of sp³-hybridized carbons (Fsp3) is 0.933. The fourth-order valence-corrected chi connectivity index (χ4v) is 1.89. The lowest BCUT2D eigenvalue weighted by atomic mass is 10.0. The molecule has 4 nitrogen and oxygen atoms in total. The van der Waals surface area contributed by atoms with E-state index < -0.39 is 0 Å². The molecule has 0 aliphatic heterocycles. The summed E-state index contributed by atoms with van der Waals surface area (Å²) in [7, 11) is 0. The van der Waals surface area contributed by atoms with Crippen molar-refractivity contribution in [3.8, 4) is 0 Å². The first-order valence-electron chi connectivity index (χ1n) is 7.60. The van der Waals surface area contributed by atoms with Crippen LogP contribution in [0, 0.1) is 5.92 Å². The van der Waals surface area contributed by atoms with E-state index in [-0.39, 0.29) is 24.0 Å². The van der Waals surface area contributed by atoms with Gasteiger partial charge in [-0.3, -0.25) is 4.79 Å². The number of carbonyl (C=O) groups excluding carboxylic acids is 1. The zero-order valence-corrected chi connectivity index (χ0v) is 13.5. The SMILES string of the molecule is CCOCC(NC(C)C(=O)NC(CC)CC)C(C)C. The van der Waals surface area contributed by atoms with Gasteiger partial charge in [-0.25, -0.2) is 0 Å². The highest BCUT2D eigenvalue weighted by molar-refractivity contribution is 5.81. The van der Waals surface area contributed by atoms with Crippen LogP contribution in [0.2, 0.25) is 0 Å². The van der Waals surface area contributed by atoms with E-state index in [1.807, 2.05) is 13.8 Å². The van der Waals surface area contributed by atoms with Crippen LogP contribution in [0.25, 0.3) is 0 Å². The predicted molar refractivity (Wildman–Crippen MR) is 80.2 cm³/mol. The first kappa shape index (κ1) is 18.4. The standard InChI is InChI=1S/C15H32N2O2/c1-7-13(8-2)17-15(18)12(6)16-14(11(4)5)10-19-9-3/h11-14,16H,7-10H2,1-6H3,(H,17,18). The van der Waals surface area contributed by atoms with Crippen LogP contribution in [0.3, 0.4) is 0 Å². The molecule has 0 saturated heterocycles. The van der Waals surface area contributed by atoms with Gasteiger partial charge in [-0.1, -0.05) is 27.7 Å². The zero-order valence-electron chi connectivity index (χ0n) is 13.5. The minimum atomic E-state index is -0.187. The maximum absolute atomic E-state index is 12.1. The third-order valence-corrected chi connectivity index (χ3v) is 3.50. The van der Waals surface area contributed by atoms with Crippen molar-refractivity contribution in [2.45, 2.75) is 72.5 Å². The first-order valence-corrected chi connectivity index (χ1v) is 7.60. The summed E-state index contributed by atoms with van der Waals surface area (Å²) in [6.07, 6.45) is 1.95. The van der Waals surface area contributed by atoms with Crippen molar-refractivity contribution in [3.63, 3.8) is 0 Å². The lowest BCUT2D eigenvalue weighted by Gasteiger charge is -2.27. The largest absolute Gasteiger partial charge is 0.380 e. The molecule has 0 heterocycles. The molecule has 2 atom stereocenters. The lowest BCUT2D eigenvalue weighted by Crippen LogP contribution is -2.51. The highest BCUT2D eigenvalue weighted by Crippen LogP contribution is 2.04. The third-order valence-electron chi connectivity index (χ3n) is 3.50. The summed E-state index contributed by atoms with van der Waals surface area (Å²) in [5.74, 6) is 0.519. The van der Waals surface area contributed by atoms with Crippen molar-refractivity contribution >= 4 is 5.91 Å². The number of hydrogen-bond donors (Lipinski definition) is 2. The topological polar surface area (TPSA) is 50.4 Å². The van der Waals surface area contributed by atoms with Crippen LogP contribution in [-0.2, 0) is 9.53 Å². The summed E-state index contributed by atoms with van der Waals surface area (Å²) in [4.78, 5) is 12.1. The molecular weight excluding hydrogens is 240 g/mol. The molecule has 4 heteroatoms. The van der Waals surface area contributed by atoms with E-state index in [1.54, 1.807) is 0 Å². The molecule has 0 aliphatic rings. The maximum atomic E-state index is 12.1. The monoisotopic (exact) mass is 272 g/mol. The zero-order chi connectivity index (χ0) is 14.8. The second-order valence-electron chi connectivity index (χ2n) is 5.42. The molecule has 0 aromatic heterocycles. The molecule has 2 N–H and O–H groups in total. The molecule has 0 aromatic rings. The van der Waals surface area contributed by atoms with E-state index in [2.05, 4.69) is 38.3 Å².